The van der Waals surface area contributed by atoms with Crippen molar-refractivity contribution in [2.24, 2.45) is 0 Å². The summed E-state index contributed by atoms with van der Waals surface area (Å²) in [5, 5.41) is 12.1. The van der Waals surface area contributed by atoms with Gasteiger partial charge in [0.25, 0.3) is 0 Å². The van der Waals surface area contributed by atoms with Crippen molar-refractivity contribution in [1.29, 1.82) is 0 Å². The molecule has 2 unspecified atom stereocenters. The van der Waals surface area contributed by atoms with Crippen LogP contribution < -0.4 is 5.32 Å². The number of carboxylic acid groups (broad SMARTS) is 1. The van der Waals surface area contributed by atoms with Crippen molar-refractivity contribution in [3.8, 4) is 0 Å². The van der Waals surface area contributed by atoms with Crippen LogP contribution in [0.15, 0.2) is 0 Å². The van der Waals surface area contributed by atoms with Crippen LogP contribution in [0.25, 0.3) is 0 Å². The molecule has 0 heterocycles. The Morgan fingerprint density at radius 1 is 1.44 bits per heavy atom. The first kappa shape index (κ1) is 15.4. The van der Waals surface area contributed by atoms with E-state index in [2.05, 4.69) is 37.9 Å². The van der Waals surface area contributed by atoms with Gasteiger partial charge >= 0.3 is 5.97 Å². The molecule has 0 spiro atoms. The van der Waals surface area contributed by atoms with Gasteiger partial charge in [0.1, 0.15) is 5.54 Å². The van der Waals surface area contributed by atoms with Crippen LogP contribution in [-0.2, 0) is 4.79 Å². The van der Waals surface area contributed by atoms with E-state index in [0.717, 1.165) is 6.54 Å². The molecule has 2 N–H and O–H groups in total. The number of nitrogens with zero attached hydrogens (tertiary/aromatic N) is 1. The van der Waals surface area contributed by atoms with Crippen LogP contribution in [0.1, 0.15) is 41.0 Å². The first-order chi connectivity index (χ1) is 7.28. The minimum atomic E-state index is -0.846. The van der Waals surface area contributed by atoms with E-state index < -0.39 is 11.5 Å². The highest BCUT2D eigenvalue weighted by Gasteiger charge is 2.34. The van der Waals surface area contributed by atoms with Gasteiger partial charge < -0.3 is 10.4 Å². The van der Waals surface area contributed by atoms with E-state index in [4.69, 9.17) is 0 Å². The molecule has 4 nitrogen and oxygen atoms in total. The zero-order chi connectivity index (χ0) is 12.9. The number of rotatable bonds is 7. The van der Waals surface area contributed by atoms with E-state index in [1.165, 1.54) is 0 Å². The predicted molar refractivity (Wildman–Crippen MR) is 66.7 cm³/mol. The van der Waals surface area contributed by atoms with Gasteiger partial charge in [0.2, 0.25) is 0 Å². The largest absolute Gasteiger partial charge is 0.480 e. The lowest BCUT2D eigenvalue weighted by Gasteiger charge is -2.36. The lowest BCUT2D eigenvalue weighted by molar-refractivity contribution is -0.144. The number of carboxylic acids is 1. The zero-order valence-electron chi connectivity index (χ0n) is 11.4. The fourth-order valence-electron chi connectivity index (χ4n) is 2.19. The van der Waals surface area contributed by atoms with E-state index >= 15 is 0 Å². The highest BCUT2D eigenvalue weighted by atomic mass is 16.4. The minimum Gasteiger partial charge on any atom is -0.480 e. The molecule has 0 aliphatic carbocycles. The number of nitrogens with one attached hydrogen (secondary N) is 1. The molecular weight excluding hydrogens is 204 g/mol. The van der Waals surface area contributed by atoms with Crippen LogP contribution in [0.3, 0.4) is 0 Å². The van der Waals surface area contributed by atoms with Gasteiger partial charge in [-0.15, -0.1) is 0 Å². The summed E-state index contributed by atoms with van der Waals surface area (Å²) < 4.78 is 0. The van der Waals surface area contributed by atoms with E-state index in [-0.39, 0.29) is 6.04 Å². The van der Waals surface area contributed by atoms with Crippen molar-refractivity contribution in [2.45, 2.75) is 58.7 Å². The van der Waals surface area contributed by atoms with Crippen molar-refractivity contribution >= 4 is 5.97 Å². The third-order valence-corrected chi connectivity index (χ3v) is 3.32. The van der Waals surface area contributed by atoms with Crippen LogP contribution in [0, 0.1) is 0 Å². The van der Waals surface area contributed by atoms with Crippen molar-refractivity contribution in [1.82, 2.24) is 10.2 Å². The first-order valence-electron chi connectivity index (χ1n) is 5.96. The van der Waals surface area contributed by atoms with E-state index in [1.54, 1.807) is 14.0 Å². The maximum absolute atomic E-state index is 11.2. The highest BCUT2D eigenvalue weighted by Crippen LogP contribution is 2.18. The molecule has 0 aliphatic heterocycles. The lowest BCUT2D eigenvalue weighted by atomic mass is 9.92. The fourth-order valence-corrected chi connectivity index (χ4v) is 2.19. The van der Waals surface area contributed by atoms with Gasteiger partial charge in [-0.3, -0.25) is 9.69 Å². The Labute approximate surface area is 99.0 Å². The normalized spacial score (nSPS) is 17.5. The first-order valence-corrected chi connectivity index (χ1v) is 5.96. The summed E-state index contributed by atoms with van der Waals surface area (Å²) in [5.41, 5.74) is -0.846. The second-order valence-electron chi connectivity index (χ2n) is 4.86. The summed E-state index contributed by atoms with van der Waals surface area (Å²) in [6.45, 7) is 11.1. The lowest BCUT2D eigenvalue weighted by Crippen LogP contribution is -2.53. The zero-order valence-corrected chi connectivity index (χ0v) is 11.4. The Bertz CT molecular complexity index is 231. The third-order valence-electron chi connectivity index (χ3n) is 3.32. The maximum atomic E-state index is 11.2. The van der Waals surface area contributed by atoms with Crippen LogP contribution in [-0.4, -0.2) is 47.2 Å². The molecule has 0 saturated carbocycles. The van der Waals surface area contributed by atoms with Crippen LogP contribution >= 0.6 is 0 Å². The number of carbonyl (C=O) groups is 1. The Morgan fingerprint density at radius 3 is 2.19 bits per heavy atom. The Balaban J connectivity index is 4.63. The SMILES string of the molecule is CCN(C(C)C)C(C)CC(C)(NC)C(=O)O. The molecule has 0 amide bonds. The van der Waals surface area contributed by atoms with Crippen molar-refractivity contribution in [3.05, 3.63) is 0 Å². The third kappa shape index (κ3) is 3.76. The van der Waals surface area contributed by atoms with Crippen molar-refractivity contribution in [3.63, 3.8) is 0 Å². The quantitative estimate of drug-likeness (QED) is 0.697. The molecule has 2 atom stereocenters. The van der Waals surface area contributed by atoms with Gasteiger partial charge in [0.05, 0.1) is 0 Å². The molecular formula is C12H26N2O2. The summed E-state index contributed by atoms with van der Waals surface area (Å²) in [6, 6.07) is 0.688. The predicted octanol–water partition coefficient (Wildman–Crippen LogP) is 1.56. The van der Waals surface area contributed by atoms with Gasteiger partial charge in [0, 0.05) is 12.1 Å². The molecule has 0 bridgehead atoms. The van der Waals surface area contributed by atoms with Crippen molar-refractivity contribution in [2.75, 3.05) is 13.6 Å². The summed E-state index contributed by atoms with van der Waals surface area (Å²) in [5.74, 6) is -0.790. The number of likely N-dealkylation sites (N-methyl/N-ethyl adjacent to an activating group) is 1. The van der Waals surface area contributed by atoms with Crippen molar-refractivity contribution < 1.29 is 9.90 Å². The Morgan fingerprint density at radius 2 is 1.94 bits per heavy atom. The molecule has 0 aromatic heterocycles. The molecule has 0 fully saturated rings. The second-order valence-corrected chi connectivity index (χ2v) is 4.86. The fraction of sp³-hybridized carbons (Fsp3) is 0.917. The van der Waals surface area contributed by atoms with Gasteiger partial charge in [0.15, 0.2) is 0 Å². The van der Waals surface area contributed by atoms with E-state index in [9.17, 15) is 9.90 Å². The van der Waals surface area contributed by atoms with Crippen LogP contribution in [0.2, 0.25) is 0 Å². The topological polar surface area (TPSA) is 52.6 Å². The molecule has 0 saturated heterocycles. The number of hydrogen-bond donors (Lipinski definition) is 2. The van der Waals surface area contributed by atoms with Gasteiger partial charge in [-0.2, -0.15) is 0 Å². The van der Waals surface area contributed by atoms with Gasteiger partial charge in [-0.1, -0.05) is 6.92 Å². The smallest absolute Gasteiger partial charge is 0.323 e. The summed E-state index contributed by atoms with van der Waals surface area (Å²) >= 11 is 0. The average molecular weight is 230 g/mol. The Kier molecular flexibility index (Phi) is 5.97. The number of hydrogen-bond acceptors (Lipinski definition) is 3. The number of aliphatic carboxylic acids is 1. The molecule has 0 aromatic carbocycles. The standard InChI is InChI=1S/C12H26N2O2/c1-7-14(9(2)3)10(4)8-12(5,13-6)11(15)16/h9-10,13H,7-8H2,1-6H3,(H,15,16). The minimum absolute atomic E-state index is 0.249. The molecule has 0 aromatic rings. The summed E-state index contributed by atoms with van der Waals surface area (Å²) in [6.07, 6.45) is 0.602. The van der Waals surface area contributed by atoms with Crippen LogP contribution in [0.4, 0.5) is 0 Å². The summed E-state index contributed by atoms with van der Waals surface area (Å²) in [4.78, 5) is 13.5. The summed E-state index contributed by atoms with van der Waals surface area (Å²) in [7, 11) is 1.70. The van der Waals surface area contributed by atoms with Gasteiger partial charge in [-0.25, -0.2) is 0 Å². The molecule has 0 aliphatic rings. The molecule has 0 radical (unpaired) electrons. The second kappa shape index (κ2) is 6.21. The molecule has 4 heteroatoms. The Hall–Kier alpha value is -0.610. The van der Waals surface area contributed by atoms with E-state index in [1.807, 2.05) is 0 Å². The van der Waals surface area contributed by atoms with E-state index in [0.29, 0.717) is 12.5 Å². The molecule has 0 rings (SSSR count). The monoisotopic (exact) mass is 230 g/mol. The molecule has 96 valence electrons. The highest BCUT2D eigenvalue weighted by molar-refractivity contribution is 5.78. The average Bonchev–Trinajstić information content (AvgIpc) is 2.17. The van der Waals surface area contributed by atoms with Crippen LogP contribution in [0.5, 0.6) is 0 Å². The maximum Gasteiger partial charge on any atom is 0.323 e. The molecule has 16 heavy (non-hydrogen) atoms. The van der Waals surface area contributed by atoms with Gasteiger partial charge in [-0.05, 0) is 47.7 Å².